The average Bonchev–Trinajstić information content (AvgIpc) is 2.67. The van der Waals surface area contributed by atoms with Gasteiger partial charge in [0.15, 0.2) is 5.78 Å². The Morgan fingerprint density at radius 3 is 2.12 bits per heavy atom. The lowest BCUT2D eigenvalue weighted by Gasteiger charge is -2.07. The fourth-order valence-corrected chi connectivity index (χ4v) is 2.61. The lowest BCUT2D eigenvalue weighted by atomic mass is 9.97. The minimum atomic E-state index is -0.398. The van der Waals surface area contributed by atoms with Crippen LogP contribution in [0.2, 0.25) is 0 Å². The molecule has 0 heterocycles. The highest BCUT2D eigenvalue weighted by Crippen LogP contribution is 2.32. The molecule has 0 unspecified atom stereocenters. The van der Waals surface area contributed by atoms with Crippen molar-refractivity contribution in [1.29, 1.82) is 0 Å². The zero-order chi connectivity index (χ0) is 17.6. The van der Waals surface area contributed by atoms with Crippen LogP contribution in [0.25, 0.3) is 17.2 Å². The van der Waals surface area contributed by atoms with Crippen molar-refractivity contribution >= 4 is 17.5 Å². The van der Waals surface area contributed by atoms with Crippen molar-refractivity contribution in [3.63, 3.8) is 0 Å². The highest BCUT2D eigenvalue weighted by atomic mass is 16.6. The van der Waals surface area contributed by atoms with Crippen LogP contribution >= 0.6 is 0 Å². The molecule has 122 valence electrons. The zero-order valence-corrected chi connectivity index (χ0v) is 13.3. The van der Waals surface area contributed by atoms with Crippen LogP contribution in [0.3, 0.4) is 0 Å². The predicted molar refractivity (Wildman–Crippen MR) is 98.3 cm³/mol. The Morgan fingerprint density at radius 2 is 1.40 bits per heavy atom. The van der Waals surface area contributed by atoms with Crippen LogP contribution in [0.5, 0.6) is 0 Å². The molecule has 3 rings (SSSR count). The monoisotopic (exact) mass is 329 g/mol. The van der Waals surface area contributed by atoms with E-state index >= 15 is 0 Å². The summed E-state index contributed by atoms with van der Waals surface area (Å²) in [4.78, 5) is 23.1. The molecule has 0 atom stereocenters. The molecule has 0 bridgehead atoms. The minimum absolute atomic E-state index is 0.0396. The van der Waals surface area contributed by atoms with E-state index in [1.807, 2.05) is 42.5 Å². The van der Waals surface area contributed by atoms with Gasteiger partial charge in [-0.3, -0.25) is 14.9 Å². The molecule has 0 aliphatic carbocycles. The Morgan fingerprint density at radius 1 is 0.800 bits per heavy atom. The second-order valence-corrected chi connectivity index (χ2v) is 5.43. The molecule has 0 amide bonds. The van der Waals surface area contributed by atoms with Crippen molar-refractivity contribution in [1.82, 2.24) is 0 Å². The first-order chi connectivity index (χ1) is 12.2. The molecule has 0 saturated carbocycles. The van der Waals surface area contributed by atoms with Crippen LogP contribution in [0.1, 0.15) is 15.9 Å². The number of hydrogen-bond acceptors (Lipinski definition) is 3. The van der Waals surface area contributed by atoms with E-state index in [1.165, 1.54) is 12.1 Å². The molecule has 3 aromatic carbocycles. The summed E-state index contributed by atoms with van der Waals surface area (Å²) in [6.45, 7) is 0. The smallest absolute Gasteiger partial charge is 0.277 e. The summed E-state index contributed by atoms with van der Waals surface area (Å²) >= 11 is 0. The first-order valence-electron chi connectivity index (χ1n) is 7.77. The molecule has 0 fully saturated rings. The molecule has 0 aliphatic heterocycles. The van der Waals surface area contributed by atoms with E-state index in [4.69, 9.17) is 0 Å². The van der Waals surface area contributed by atoms with Gasteiger partial charge in [0, 0.05) is 11.6 Å². The highest BCUT2D eigenvalue weighted by Gasteiger charge is 2.15. The van der Waals surface area contributed by atoms with Gasteiger partial charge in [0.25, 0.3) is 5.69 Å². The van der Waals surface area contributed by atoms with Gasteiger partial charge in [-0.15, -0.1) is 0 Å². The van der Waals surface area contributed by atoms with Gasteiger partial charge in [-0.25, -0.2) is 0 Å². The van der Waals surface area contributed by atoms with Crippen LogP contribution in [-0.2, 0) is 0 Å². The van der Waals surface area contributed by atoms with Crippen LogP contribution in [0.4, 0.5) is 5.69 Å². The quantitative estimate of drug-likeness (QED) is 0.281. The van der Waals surface area contributed by atoms with Gasteiger partial charge < -0.3 is 0 Å². The van der Waals surface area contributed by atoms with Crippen molar-refractivity contribution in [2.24, 2.45) is 0 Å². The van der Waals surface area contributed by atoms with Crippen LogP contribution in [-0.4, -0.2) is 10.7 Å². The zero-order valence-electron chi connectivity index (χ0n) is 13.3. The minimum Gasteiger partial charge on any atom is -0.289 e. The number of nitro groups is 1. The Bertz CT molecular complexity index is 946. The summed E-state index contributed by atoms with van der Waals surface area (Å²) < 4.78 is 0. The topological polar surface area (TPSA) is 60.2 Å². The van der Waals surface area contributed by atoms with Gasteiger partial charge in [-0.2, -0.15) is 0 Å². The third kappa shape index (κ3) is 3.70. The number of nitrogens with zero attached hydrogens (tertiary/aromatic N) is 1. The maximum absolute atomic E-state index is 12.2. The number of hydrogen-bond donors (Lipinski definition) is 0. The third-order valence-corrected chi connectivity index (χ3v) is 3.82. The molecule has 3 aromatic rings. The van der Waals surface area contributed by atoms with E-state index in [1.54, 1.807) is 36.4 Å². The largest absolute Gasteiger partial charge is 0.289 e. The van der Waals surface area contributed by atoms with Gasteiger partial charge in [0.2, 0.25) is 0 Å². The number of carbonyl (C=O) groups is 1. The molecule has 0 aliphatic rings. The van der Waals surface area contributed by atoms with Crippen molar-refractivity contribution < 1.29 is 9.72 Å². The van der Waals surface area contributed by atoms with Crippen molar-refractivity contribution in [3.8, 4) is 11.1 Å². The Hall–Kier alpha value is -3.53. The molecule has 0 saturated heterocycles. The standard InChI is InChI=1S/C21H15NO3/c23-21(17-9-2-1-3-10-17)15-14-16-8-4-5-11-18(16)19-12-6-7-13-20(19)22(24)25/h1-15H/b15-14+. The fourth-order valence-electron chi connectivity index (χ4n) is 2.61. The average molecular weight is 329 g/mol. The number of allylic oxidation sites excluding steroid dienone is 1. The normalized spacial score (nSPS) is 10.7. The van der Waals surface area contributed by atoms with Crippen molar-refractivity contribution in [2.75, 3.05) is 0 Å². The lowest BCUT2D eigenvalue weighted by Crippen LogP contribution is -1.94. The summed E-state index contributed by atoms with van der Waals surface area (Å²) in [7, 11) is 0. The van der Waals surface area contributed by atoms with E-state index < -0.39 is 4.92 Å². The molecule has 0 radical (unpaired) electrons. The summed E-state index contributed by atoms with van der Waals surface area (Å²) in [6.07, 6.45) is 3.18. The number of carbonyl (C=O) groups excluding carboxylic acids is 1. The SMILES string of the molecule is O=C(/C=C/c1ccccc1-c1ccccc1[N+](=O)[O-])c1ccccc1. The second kappa shape index (κ2) is 7.36. The second-order valence-electron chi connectivity index (χ2n) is 5.43. The first kappa shape index (κ1) is 16.3. The molecule has 0 N–H and O–H groups in total. The number of rotatable bonds is 5. The number of nitro benzene ring substituents is 1. The maximum atomic E-state index is 12.2. The van der Waals surface area contributed by atoms with E-state index in [0.29, 0.717) is 16.7 Å². The summed E-state index contributed by atoms with van der Waals surface area (Å²) in [6, 6.07) is 22.9. The summed E-state index contributed by atoms with van der Waals surface area (Å²) in [5.74, 6) is -0.113. The van der Waals surface area contributed by atoms with E-state index in [-0.39, 0.29) is 11.5 Å². The van der Waals surface area contributed by atoms with Gasteiger partial charge in [-0.1, -0.05) is 72.8 Å². The number of ketones is 1. The van der Waals surface area contributed by atoms with Crippen LogP contribution in [0.15, 0.2) is 84.9 Å². The van der Waals surface area contributed by atoms with E-state index in [0.717, 1.165) is 5.56 Å². The molecule has 0 aromatic heterocycles. The van der Waals surface area contributed by atoms with Crippen LogP contribution in [0, 0.1) is 10.1 Å². The molecular formula is C21H15NO3. The Kier molecular flexibility index (Phi) is 4.81. The van der Waals surface area contributed by atoms with Gasteiger partial charge >= 0.3 is 0 Å². The van der Waals surface area contributed by atoms with Crippen molar-refractivity contribution in [2.45, 2.75) is 0 Å². The third-order valence-electron chi connectivity index (χ3n) is 3.82. The van der Waals surface area contributed by atoms with Gasteiger partial charge in [0.1, 0.15) is 0 Å². The number of para-hydroxylation sites is 1. The van der Waals surface area contributed by atoms with Gasteiger partial charge in [-0.05, 0) is 23.3 Å². The van der Waals surface area contributed by atoms with E-state index in [9.17, 15) is 14.9 Å². The molecule has 25 heavy (non-hydrogen) atoms. The lowest BCUT2D eigenvalue weighted by molar-refractivity contribution is -0.384. The highest BCUT2D eigenvalue weighted by molar-refractivity contribution is 6.07. The fraction of sp³-hybridized carbons (Fsp3) is 0. The first-order valence-corrected chi connectivity index (χ1v) is 7.77. The van der Waals surface area contributed by atoms with E-state index in [2.05, 4.69) is 0 Å². The van der Waals surface area contributed by atoms with Crippen LogP contribution < -0.4 is 0 Å². The molecule has 4 nitrogen and oxygen atoms in total. The Labute approximate surface area is 145 Å². The summed E-state index contributed by atoms with van der Waals surface area (Å²) in [5.41, 5.74) is 2.63. The Balaban J connectivity index is 1.99. The molecular weight excluding hydrogens is 314 g/mol. The summed E-state index contributed by atoms with van der Waals surface area (Å²) in [5, 5.41) is 11.3. The predicted octanol–water partition coefficient (Wildman–Crippen LogP) is 5.16. The van der Waals surface area contributed by atoms with Gasteiger partial charge in [0.05, 0.1) is 10.5 Å². The molecule has 0 spiro atoms. The van der Waals surface area contributed by atoms with Crippen molar-refractivity contribution in [3.05, 3.63) is 106 Å². The maximum Gasteiger partial charge on any atom is 0.277 e. The number of benzene rings is 3. The molecule has 4 heteroatoms.